The van der Waals surface area contributed by atoms with E-state index in [0.29, 0.717) is 6.04 Å². The van der Waals surface area contributed by atoms with Crippen molar-refractivity contribution in [2.45, 2.75) is 45.1 Å². The fraction of sp³-hybridized carbons (Fsp3) is 0.800. The van der Waals surface area contributed by atoms with Crippen molar-refractivity contribution in [2.75, 3.05) is 6.54 Å². The lowest BCUT2D eigenvalue weighted by molar-refractivity contribution is 0.348. The van der Waals surface area contributed by atoms with Gasteiger partial charge in [0.2, 0.25) is 5.89 Å². The number of nitrogens with one attached hydrogen (secondary N) is 1. The van der Waals surface area contributed by atoms with E-state index in [0.717, 1.165) is 37.5 Å². The van der Waals surface area contributed by atoms with Crippen LogP contribution in [0.5, 0.6) is 0 Å². The summed E-state index contributed by atoms with van der Waals surface area (Å²) >= 11 is 0. The van der Waals surface area contributed by atoms with E-state index in [9.17, 15) is 0 Å². The molecule has 1 aromatic rings. The topological polar surface area (TPSA) is 51.0 Å². The monoisotopic (exact) mass is 195 g/mol. The number of piperidine rings is 1. The summed E-state index contributed by atoms with van der Waals surface area (Å²) in [5.41, 5.74) is 0. The first-order valence-corrected chi connectivity index (χ1v) is 5.46. The molecule has 0 saturated carbocycles. The maximum absolute atomic E-state index is 5.16. The smallest absolute Gasteiger partial charge is 0.226 e. The molecule has 2 heterocycles. The molecule has 1 atom stereocenters. The van der Waals surface area contributed by atoms with Crippen molar-refractivity contribution in [1.82, 2.24) is 15.5 Å². The lowest BCUT2D eigenvalue weighted by Gasteiger charge is -2.19. The van der Waals surface area contributed by atoms with Gasteiger partial charge in [-0.05, 0) is 25.8 Å². The third kappa shape index (κ3) is 2.12. The lowest BCUT2D eigenvalue weighted by Crippen LogP contribution is -2.27. The molecule has 1 aliphatic heterocycles. The molecule has 0 spiro atoms. The molecule has 1 aromatic heterocycles. The number of rotatable bonds is 3. The van der Waals surface area contributed by atoms with Crippen LogP contribution in [0.25, 0.3) is 0 Å². The molecule has 0 amide bonds. The summed E-state index contributed by atoms with van der Waals surface area (Å²) in [6.07, 6.45) is 5.59. The Kier molecular flexibility index (Phi) is 3.14. The first-order chi connectivity index (χ1) is 6.90. The zero-order valence-electron chi connectivity index (χ0n) is 8.62. The number of aryl methyl sites for hydroxylation is 1. The van der Waals surface area contributed by atoms with Crippen molar-refractivity contribution >= 4 is 0 Å². The van der Waals surface area contributed by atoms with E-state index in [2.05, 4.69) is 22.4 Å². The average Bonchev–Trinajstić information content (AvgIpc) is 2.68. The Morgan fingerprint density at radius 1 is 1.50 bits per heavy atom. The zero-order chi connectivity index (χ0) is 9.80. The van der Waals surface area contributed by atoms with Gasteiger partial charge in [-0.1, -0.05) is 18.5 Å². The van der Waals surface area contributed by atoms with E-state index in [1.54, 1.807) is 0 Å². The number of aromatic nitrogens is 2. The summed E-state index contributed by atoms with van der Waals surface area (Å²) in [4.78, 5) is 4.38. The zero-order valence-corrected chi connectivity index (χ0v) is 8.62. The van der Waals surface area contributed by atoms with Gasteiger partial charge >= 0.3 is 0 Å². The highest BCUT2D eigenvalue weighted by atomic mass is 16.5. The van der Waals surface area contributed by atoms with Gasteiger partial charge in [0.05, 0.1) is 6.04 Å². The Bertz CT molecular complexity index is 279. The fourth-order valence-electron chi connectivity index (χ4n) is 1.80. The quantitative estimate of drug-likeness (QED) is 0.799. The molecule has 2 rings (SSSR count). The molecule has 78 valence electrons. The van der Waals surface area contributed by atoms with Crippen LogP contribution in [0.2, 0.25) is 0 Å². The molecule has 1 aliphatic rings. The van der Waals surface area contributed by atoms with Crippen molar-refractivity contribution in [3.8, 4) is 0 Å². The van der Waals surface area contributed by atoms with E-state index in [1.165, 1.54) is 12.8 Å². The number of nitrogens with zero attached hydrogens (tertiary/aromatic N) is 2. The second-order valence-corrected chi connectivity index (χ2v) is 3.80. The number of hydrogen-bond donors (Lipinski definition) is 1. The SMILES string of the molecule is CCCc1nc(C2CCCCN2)no1. The van der Waals surface area contributed by atoms with Crippen LogP contribution in [0.1, 0.15) is 50.4 Å². The Balaban J connectivity index is 2.00. The molecule has 0 bridgehead atoms. The fourth-order valence-corrected chi connectivity index (χ4v) is 1.80. The van der Waals surface area contributed by atoms with Crippen molar-refractivity contribution in [3.05, 3.63) is 11.7 Å². The molecular weight excluding hydrogens is 178 g/mol. The van der Waals surface area contributed by atoms with Gasteiger partial charge in [0.15, 0.2) is 5.82 Å². The molecule has 1 N–H and O–H groups in total. The molecule has 1 fully saturated rings. The third-order valence-electron chi connectivity index (χ3n) is 2.57. The maximum atomic E-state index is 5.16. The molecule has 14 heavy (non-hydrogen) atoms. The van der Waals surface area contributed by atoms with Crippen LogP contribution < -0.4 is 5.32 Å². The van der Waals surface area contributed by atoms with Crippen LogP contribution in [0.15, 0.2) is 4.52 Å². The highest BCUT2D eigenvalue weighted by Gasteiger charge is 2.19. The highest BCUT2D eigenvalue weighted by Crippen LogP contribution is 2.20. The second kappa shape index (κ2) is 4.55. The van der Waals surface area contributed by atoms with E-state index in [4.69, 9.17) is 4.52 Å². The normalized spacial score (nSPS) is 22.5. The third-order valence-corrected chi connectivity index (χ3v) is 2.57. The summed E-state index contributed by atoms with van der Waals surface area (Å²) in [6, 6.07) is 0.318. The first-order valence-electron chi connectivity index (χ1n) is 5.46. The van der Waals surface area contributed by atoms with Gasteiger partial charge in [-0.2, -0.15) is 4.98 Å². The Morgan fingerprint density at radius 2 is 2.43 bits per heavy atom. The summed E-state index contributed by atoms with van der Waals surface area (Å²) in [6.45, 7) is 3.19. The van der Waals surface area contributed by atoms with E-state index in [1.807, 2.05) is 0 Å². The molecule has 0 aromatic carbocycles. The molecule has 0 aliphatic carbocycles. The van der Waals surface area contributed by atoms with Crippen LogP contribution in [0.3, 0.4) is 0 Å². The highest BCUT2D eigenvalue weighted by molar-refractivity contribution is 4.95. The summed E-state index contributed by atoms with van der Waals surface area (Å²) < 4.78 is 5.16. The van der Waals surface area contributed by atoms with Gasteiger partial charge in [0.25, 0.3) is 0 Å². The lowest BCUT2D eigenvalue weighted by atomic mass is 10.0. The molecule has 4 heteroatoms. The van der Waals surface area contributed by atoms with Gasteiger partial charge < -0.3 is 9.84 Å². The van der Waals surface area contributed by atoms with Crippen molar-refractivity contribution < 1.29 is 4.52 Å². The van der Waals surface area contributed by atoms with E-state index < -0.39 is 0 Å². The predicted octanol–water partition coefficient (Wildman–Crippen LogP) is 1.84. The van der Waals surface area contributed by atoms with Crippen molar-refractivity contribution in [2.24, 2.45) is 0 Å². The number of hydrogen-bond acceptors (Lipinski definition) is 4. The molecule has 1 unspecified atom stereocenters. The second-order valence-electron chi connectivity index (χ2n) is 3.80. The minimum Gasteiger partial charge on any atom is -0.339 e. The van der Waals surface area contributed by atoms with Crippen molar-refractivity contribution in [1.29, 1.82) is 0 Å². The van der Waals surface area contributed by atoms with Crippen LogP contribution >= 0.6 is 0 Å². The van der Waals surface area contributed by atoms with Crippen LogP contribution in [-0.2, 0) is 6.42 Å². The minimum atomic E-state index is 0.318. The molecule has 1 saturated heterocycles. The molecule has 0 radical (unpaired) electrons. The molecular formula is C10H17N3O. The molecule has 4 nitrogen and oxygen atoms in total. The summed E-state index contributed by atoms with van der Waals surface area (Å²) in [5, 5.41) is 7.42. The summed E-state index contributed by atoms with van der Waals surface area (Å²) in [7, 11) is 0. The largest absolute Gasteiger partial charge is 0.339 e. The van der Waals surface area contributed by atoms with Gasteiger partial charge in [-0.25, -0.2) is 0 Å². The van der Waals surface area contributed by atoms with Gasteiger partial charge in [0.1, 0.15) is 0 Å². The van der Waals surface area contributed by atoms with Gasteiger partial charge in [0, 0.05) is 6.42 Å². The Hall–Kier alpha value is -0.900. The standard InChI is InChI=1S/C10H17N3O/c1-2-5-9-12-10(13-14-9)8-6-3-4-7-11-8/h8,11H,2-7H2,1H3. The minimum absolute atomic E-state index is 0.318. The van der Waals surface area contributed by atoms with Crippen LogP contribution in [-0.4, -0.2) is 16.7 Å². The van der Waals surface area contributed by atoms with Crippen molar-refractivity contribution in [3.63, 3.8) is 0 Å². The first kappa shape index (κ1) is 9.65. The average molecular weight is 195 g/mol. The Morgan fingerprint density at radius 3 is 3.14 bits per heavy atom. The van der Waals surface area contributed by atoms with Gasteiger partial charge in [-0.3, -0.25) is 0 Å². The van der Waals surface area contributed by atoms with Gasteiger partial charge in [-0.15, -0.1) is 0 Å². The van der Waals surface area contributed by atoms with E-state index >= 15 is 0 Å². The maximum Gasteiger partial charge on any atom is 0.226 e. The van der Waals surface area contributed by atoms with Crippen LogP contribution in [0.4, 0.5) is 0 Å². The Labute approximate surface area is 84.1 Å². The summed E-state index contributed by atoms with van der Waals surface area (Å²) in [5.74, 6) is 1.61. The van der Waals surface area contributed by atoms with E-state index in [-0.39, 0.29) is 0 Å². The van der Waals surface area contributed by atoms with Crippen LogP contribution in [0, 0.1) is 0 Å². The predicted molar refractivity (Wildman–Crippen MR) is 52.9 cm³/mol.